The number of benzene rings is 3. The van der Waals surface area contributed by atoms with E-state index in [1.807, 2.05) is 32.0 Å². The minimum Gasteiger partial charge on any atom is -0.507 e. The molecule has 0 aliphatic carbocycles. The number of rotatable bonds is 6. The van der Waals surface area contributed by atoms with Gasteiger partial charge in [0.05, 0.1) is 28.3 Å². The molecule has 0 spiro atoms. The molecular weight excluding hydrogens is 473 g/mol. The van der Waals surface area contributed by atoms with E-state index in [9.17, 15) is 14.7 Å². The molecule has 7 heteroatoms. The fourth-order valence-corrected chi connectivity index (χ4v) is 4.29. The standard InChI is InChI=1S/C27H23Cl2NO4/c1-3-12-34-20-9-5-7-18(14-20)25(31)23-24(17-10-11-21(28)22(29)15-17)30(27(33)26(23)32)19-8-4-6-16(2)13-19/h4-11,13-15,24,31H,3,12H2,1-2H3/b25-23-. The van der Waals surface area contributed by atoms with Gasteiger partial charge in [-0.2, -0.15) is 0 Å². The van der Waals surface area contributed by atoms with Crippen molar-refractivity contribution in [3.63, 3.8) is 0 Å². The summed E-state index contributed by atoms with van der Waals surface area (Å²) in [6, 6.07) is 18.1. The van der Waals surface area contributed by atoms with Crippen LogP contribution < -0.4 is 9.64 Å². The lowest BCUT2D eigenvalue weighted by Gasteiger charge is -2.26. The van der Waals surface area contributed by atoms with Crippen LogP contribution in [0.2, 0.25) is 10.0 Å². The highest BCUT2D eigenvalue weighted by Gasteiger charge is 2.47. The van der Waals surface area contributed by atoms with E-state index in [0.717, 1.165) is 12.0 Å². The number of aryl methyl sites for hydroxylation is 1. The van der Waals surface area contributed by atoms with Gasteiger partial charge in [-0.15, -0.1) is 0 Å². The zero-order chi connectivity index (χ0) is 24.4. The summed E-state index contributed by atoms with van der Waals surface area (Å²) in [6.45, 7) is 4.41. The molecule has 1 heterocycles. The van der Waals surface area contributed by atoms with Crippen molar-refractivity contribution in [2.75, 3.05) is 11.5 Å². The molecule has 1 N–H and O–H groups in total. The minimum absolute atomic E-state index is 0.0301. The summed E-state index contributed by atoms with van der Waals surface area (Å²) in [5.41, 5.74) is 2.36. The molecule has 1 saturated heterocycles. The van der Waals surface area contributed by atoms with Gasteiger partial charge in [0.2, 0.25) is 0 Å². The average Bonchev–Trinajstić information content (AvgIpc) is 3.09. The Morgan fingerprint density at radius 3 is 2.47 bits per heavy atom. The van der Waals surface area contributed by atoms with Crippen molar-refractivity contribution in [1.29, 1.82) is 0 Å². The number of hydrogen-bond acceptors (Lipinski definition) is 4. The van der Waals surface area contributed by atoms with Crippen LogP contribution in [0.5, 0.6) is 5.75 Å². The number of hydrogen-bond donors (Lipinski definition) is 1. The monoisotopic (exact) mass is 495 g/mol. The van der Waals surface area contributed by atoms with Crippen molar-refractivity contribution < 1.29 is 19.4 Å². The van der Waals surface area contributed by atoms with Crippen LogP contribution in [-0.2, 0) is 9.59 Å². The Morgan fingerprint density at radius 1 is 1.00 bits per heavy atom. The summed E-state index contributed by atoms with van der Waals surface area (Å²) >= 11 is 12.4. The maximum atomic E-state index is 13.3. The zero-order valence-corrected chi connectivity index (χ0v) is 20.2. The maximum Gasteiger partial charge on any atom is 0.300 e. The second-order valence-electron chi connectivity index (χ2n) is 8.06. The summed E-state index contributed by atoms with van der Waals surface area (Å²) in [4.78, 5) is 27.9. The zero-order valence-electron chi connectivity index (χ0n) is 18.7. The van der Waals surface area contributed by atoms with Crippen molar-refractivity contribution in [3.05, 3.63) is 99.0 Å². The van der Waals surface area contributed by atoms with Crippen molar-refractivity contribution in [1.82, 2.24) is 0 Å². The van der Waals surface area contributed by atoms with Crippen LogP contribution in [0.25, 0.3) is 5.76 Å². The summed E-state index contributed by atoms with van der Waals surface area (Å²) < 4.78 is 5.67. The van der Waals surface area contributed by atoms with Crippen LogP contribution in [0.3, 0.4) is 0 Å². The smallest absolute Gasteiger partial charge is 0.300 e. The molecule has 1 unspecified atom stereocenters. The Balaban J connectivity index is 1.91. The Morgan fingerprint density at radius 2 is 1.76 bits per heavy atom. The topological polar surface area (TPSA) is 66.8 Å². The van der Waals surface area contributed by atoms with Gasteiger partial charge in [0.15, 0.2) is 0 Å². The lowest BCUT2D eigenvalue weighted by atomic mass is 9.95. The molecule has 0 aromatic heterocycles. The molecule has 1 aliphatic rings. The number of anilines is 1. The van der Waals surface area contributed by atoms with Crippen LogP contribution in [0, 0.1) is 6.92 Å². The van der Waals surface area contributed by atoms with Gasteiger partial charge in [-0.05, 0) is 60.9 Å². The highest BCUT2D eigenvalue weighted by molar-refractivity contribution is 6.51. The number of halogens is 2. The molecule has 5 nitrogen and oxygen atoms in total. The predicted octanol–water partition coefficient (Wildman–Crippen LogP) is 6.72. The fourth-order valence-electron chi connectivity index (χ4n) is 3.98. The van der Waals surface area contributed by atoms with Gasteiger partial charge in [0, 0.05) is 11.3 Å². The Bertz CT molecular complexity index is 1300. The predicted molar refractivity (Wildman–Crippen MR) is 135 cm³/mol. The molecular formula is C27H23Cl2NO4. The number of amides is 1. The quantitative estimate of drug-likeness (QED) is 0.234. The molecule has 0 saturated carbocycles. The van der Waals surface area contributed by atoms with E-state index in [1.54, 1.807) is 48.5 Å². The maximum absolute atomic E-state index is 13.3. The molecule has 3 aromatic rings. The van der Waals surface area contributed by atoms with Crippen LogP contribution in [0.1, 0.15) is 36.1 Å². The molecule has 1 atom stereocenters. The molecule has 0 radical (unpaired) electrons. The summed E-state index contributed by atoms with van der Waals surface area (Å²) in [5, 5.41) is 11.9. The normalized spacial score (nSPS) is 17.3. The van der Waals surface area contributed by atoms with E-state index in [0.29, 0.717) is 34.2 Å². The average molecular weight is 496 g/mol. The van der Waals surface area contributed by atoms with E-state index in [4.69, 9.17) is 27.9 Å². The fraction of sp³-hybridized carbons (Fsp3) is 0.185. The van der Waals surface area contributed by atoms with Gasteiger partial charge in [-0.25, -0.2) is 0 Å². The van der Waals surface area contributed by atoms with Gasteiger partial charge in [-0.1, -0.05) is 60.5 Å². The SMILES string of the molecule is CCCOc1cccc(/C(O)=C2/C(=O)C(=O)N(c3cccc(C)c3)C2c2ccc(Cl)c(Cl)c2)c1. The molecule has 0 bridgehead atoms. The first-order chi connectivity index (χ1) is 16.3. The van der Waals surface area contributed by atoms with Gasteiger partial charge < -0.3 is 9.84 Å². The molecule has 174 valence electrons. The largest absolute Gasteiger partial charge is 0.507 e. The molecule has 4 rings (SSSR count). The van der Waals surface area contributed by atoms with E-state index in [-0.39, 0.29) is 16.4 Å². The molecule has 1 fully saturated rings. The van der Waals surface area contributed by atoms with Crippen LogP contribution in [0.4, 0.5) is 5.69 Å². The molecule has 3 aromatic carbocycles. The van der Waals surface area contributed by atoms with E-state index >= 15 is 0 Å². The van der Waals surface area contributed by atoms with Crippen molar-refractivity contribution >= 4 is 46.3 Å². The highest BCUT2D eigenvalue weighted by atomic mass is 35.5. The van der Waals surface area contributed by atoms with Crippen molar-refractivity contribution in [3.8, 4) is 5.75 Å². The van der Waals surface area contributed by atoms with Gasteiger partial charge >= 0.3 is 0 Å². The number of ether oxygens (including phenoxy) is 1. The minimum atomic E-state index is -0.892. The van der Waals surface area contributed by atoms with E-state index in [1.165, 1.54) is 4.90 Å². The number of ketones is 1. The van der Waals surface area contributed by atoms with Crippen LogP contribution in [0.15, 0.2) is 72.3 Å². The van der Waals surface area contributed by atoms with E-state index < -0.39 is 17.7 Å². The van der Waals surface area contributed by atoms with Gasteiger partial charge in [-0.3, -0.25) is 14.5 Å². The summed E-state index contributed by atoms with van der Waals surface area (Å²) in [5.74, 6) is -1.24. The first kappa shape index (κ1) is 23.9. The van der Waals surface area contributed by atoms with Crippen molar-refractivity contribution in [2.45, 2.75) is 26.3 Å². The highest BCUT2D eigenvalue weighted by Crippen LogP contribution is 2.43. The molecule has 1 amide bonds. The summed E-state index contributed by atoms with van der Waals surface area (Å²) in [7, 11) is 0. The number of nitrogens with zero attached hydrogens (tertiary/aromatic N) is 1. The lowest BCUT2D eigenvalue weighted by molar-refractivity contribution is -0.132. The van der Waals surface area contributed by atoms with Gasteiger partial charge in [0.25, 0.3) is 11.7 Å². The Labute approximate surface area is 208 Å². The second kappa shape index (κ2) is 9.92. The third-order valence-corrected chi connectivity index (χ3v) is 6.30. The van der Waals surface area contributed by atoms with Crippen molar-refractivity contribution in [2.24, 2.45) is 0 Å². The number of carbonyl (C=O) groups excluding carboxylic acids is 2. The number of aliphatic hydroxyl groups excluding tert-OH is 1. The summed E-state index contributed by atoms with van der Waals surface area (Å²) in [6.07, 6.45) is 0.829. The third kappa shape index (κ3) is 4.54. The number of Topliss-reactive ketones (excluding diaryl/α,β-unsaturated/α-hetero) is 1. The molecule has 34 heavy (non-hydrogen) atoms. The third-order valence-electron chi connectivity index (χ3n) is 5.56. The van der Waals surface area contributed by atoms with Crippen LogP contribution in [-0.4, -0.2) is 23.4 Å². The molecule has 1 aliphatic heterocycles. The second-order valence-corrected chi connectivity index (χ2v) is 8.87. The number of aliphatic hydroxyl groups is 1. The first-order valence-electron chi connectivity index (χ1n) is 10.9. The van der Waals surface area contributed by atoms with E-state index in [2.05, 4.69) is 0 Å². The first-order valence-corrected chi connectivity index (χ1v) is 11.6. The van der Waals surface area contributed by atoms with Gasteiger partial charge in [0.1, 0.15) is 11.5 Å². The Kier molecular flexibility index (Phi) is 6.96. The number of carbonyl (C=O) groups is 2. The Hall–Kier alpha value is -3.28. The van der Waals surface area contributed by atoms with Crippen LogP contribution >= 0.6 is 23.2 Å². The lowest BCUT2D eigenvalue weighted by Crippen LogP contribution is -2.29.